The first-order valence-electron chi connectivity index (χ1n) is 6.02. The Kier molecular flexibility index (Phi) is 6.29. The maximum absolute atomic E-state index is 13.4. The van der Waals surface area contributed by atoms with E-state index in [2.05, 4.69) is 26.0 Å². The number of carbonyl (C=O) groups is 3. The lowest BCUT2D eigenvalue weighted by Crippen LogP contribution is -2.44. The lowest BCUT2D eigenvalue weighted by Gasteiger charge is -2.09. The van der Waals surface area contributed by atoms with Crippen molar-refractivity contribution in [3.05, 3.63) is 34.1 Å². The number of rotatable bonds is 4. The summed E-state index contributed by atoms with van der Waals surface area (Å²) in [6.07, 6.45) is 0. The highest BCUT2D eigenvalue weighted by molar-refractivity contribution is 9.10. The molecule has 0 radical (unpaired) electrons. The van der Waals surface area contributed by atoms with E-state index in [-0.39, 0.29) is 11.6 Å². The molecule has 1 rings (SSSR count). The van der Waals surface area contributed by atoms with Crippen molar-refractivity contribution in [1.29, 1.82) is 0 Å². The van der Waals surface area contributed by atoms with Crippen LogP contribution < -0.4 is 10.6 Å². The van der Waals surface area contributed by atoms with Crippen LogP contribution in [0.4, 0.5) is 9.18 Å². The molecule has 0 atom stereocenters. The van der Waals surface area contributed by atoms with Crippen LogP contribution in [-0.2, 0) is 9.53 Å². The summed E-state index contributed by atoms with van der Waals surface area (Å²) < 4.78 is 18.5. The first kappa shape index (κ1) is 17.1. The summed E-state index contributed by atoms with van der Waals surface area (Å²) >= 11 is 3.09. The number of amides is 3. The van der Waals surface area contributed by atoms with Gasteiger partial charge in [0.2, 0.25) is 0 Å². The van der Waals surface area contributed by atoms with Gasteiger partial charge in [-0.25, -0.2) is 14.0 Å². The van der Waals surface area contributed by atoms with Gasteiger partial charge < -0.3 is 10.1 Å². The van der Waals surface area contributed by atoms with E-state index in [1.54, 1.807) is 13.8 Å². The van der Waals surface area contributed by atoms with Crippen molar-refractivity contribution in [1.82, 2.24) is 10.6 Å². The largest absolute Gasteiger partial charge is 0.452 e. The van der Waals surface area contributed by atoms with E-state index in [4.69, 9.17) is 0 Å². The molecule has 0 saturated carbocycles. The quantitative estimate of drug-likeness (QED) is 0.804. The van der Waals surface area contributed by atoms with Crippen LogP contribution >= 0.6 is 15.9 Å². The molecule has 0 heterocycles. The number of carbonyl (C=O) groups excluding carboxylic acids is 3. The highest BCUT2D eigenvalue weighted by atomic mass is 79.9. The number of halogens is 2. The van der Waals surface area contributed by atoms with Gasteiger partial charge in [-0.15, -0.1) is 0 Å². The second-order valence-corrected chi connectivity index (χ2v) is 5.29. The molecule has 0 spiro atoms. The molecular formula is C13H14BrFN2O4. The molecule has 114 valence electrons. The summed E-state index contributed by atoms with van der Waals surface area (Å²) in [5, 5.41) is 4.41. The number of hydrogen-bond acceptors (Lipinski definition) is 4. The summed E-state index contributed by atoms with van der Waals surface area (Å²) in [7, 11) is 0. The van der Waals surface area contributed by atoms with E-state index < -0.39 is 30.3 Å². The zero-order valence-corrected chi connectivity index (χ0v) is 13.0. The fraction of sp³-hybridized carbons (Fsp3) is 0.308. The Hall–Kier alpha value is -1.96. The number of imide groups is 1. The predicted octanol–water partition coefficient (Wildman–Crippen LogP) is 1.98. The van der Waals surface area contributed by atoms with Gasteiger partial charge in [-0.1, -0.05) is 15.9 Å². The van der Waals surface area contributed by atoms with Crippen molar-refractivity contribution in [3.63, 3.8) is 0 Å². The minimum atomic E-state index is -0.992. The zero-order valence-electron chi connectivity index (χ0n) is 11.4. The van der Waals surface area contributed by atoms with E-state index in [9.17, 15) is 18.8 Å². The van der Waals surface area contributed by atoms with E-state index >= 15 is 0 Å². The summed E-state index contributed by atoms with van der Waals surface area (Å²) in [6.45, 7) is 2.76. The summed E-state index contributed by atoms with van der Waals surface area (Å²) in [6, 6.07) is 2.92. The van der Waals surface area contributed by atoms with Gasteiger partial charge >= 0.3 is 12.0 Å². The van der Waals surface area contributed by atoms with E-state index in [1.807, 2.05) is 5.32 Å². The average Bonchev–Trinajstić information content (AvgIpc) is 2.37. The Bertz CT molecular complexity index is 563. The van der Waals surface area contributed by atoms with Gasteiger partial charge in [-0.3, -0.25) is 10.1 Å². The van der Waals surface area contributed by atoms with Gasteiger partial charge in [0.25, 0.3) is 5.91 Å². The van der Waals surface area contributed by atoms with Crippen LogP contribution in [0.2, 0.25) is 0 Å². The lowest BCUT2D eigenvalue weighted by molar-refractivity contribution is -0.123. The fourth-order valence-corrected chi connectivity index (χ4v) is 1.68. The van der Waals surface area contributed by atoms with Crippen LogP contribution in [0.3, 0.4) is 0 Å². The SMILES string of the molecule is CC(C)NC(=O)NC(=O)COC(=O)c1cc(Br)ccc1F. The third kappa shape index (κ3) is 5.90. The smallest absolute Gasteiger partial charge is 0.341 e. The molecule has 0 unspecified atom stereocenters. The first-order valence-corrected chi connectivity index (χ1v) is 6.81. The number of urea groups is 1. The molecule has 3 amide bonds. The fourth-order valence-electron chi connectivity index (χ4n) is 1.32. The standard InChI is InChI=1S/C13H14BrFN2O4/c1-7(2)16-13(20)17-11(18)6-21-12(19)9-5-8(14)3-4-10(9)15/h3-5,7H,6H2,1-2H3,(H2,16,17,18,20). The third-order valence-electron chi connectivity index (χ3n) is 2.16. The van der Waals surface area contributed by atoms with Gasteiger partial charge in [0, 0.05) is 10.5 Å². The van der Waals surface area contributed by atoms with Crippen LogP contribution in [0.15, 0.2) is 22.7 Å². The molecule has 0 aliphatic rings. The van der Waals surface area contributed by atoms with E-state index in [0.29, 0.717) is 4.47 Å². The zero-order chi connectivity index (χ0) is 16.0. The van der Waals surface area contributed by atoms with Crippen molar-refractivity contribution in [2.75, 3.05) is 6.61 Å². The molecule has 0 aliphatic carbocycles. The van der Waals surface area contributed by atoms with E-state index in [1.165, 1.54) is 12.1 Å². The topological polar surface area (TPSA) is 84.5 Å². The minimum Gasteiger partial charge on any atom is -0.452 e. The van der Waals surface area contributed by atoms with Crippen LogP contribution in [0.25, 0.3) is 0 Å². The van der Waals surface area contributed by atoms with Crippen LogP contribution in [0, 0.1) is 5.82 Å². The Balaban J connectivity index is 2.51. The second-order valence-electron chi connectivity index (χ2n) is 4.38. The molecular weight excluding hydrogens is 347 g/mol. The molecule has 0 bridgehead atoms. The van der Waals surface area contributed by atoms with Crippen molar-refractivity contribution >= 4 is 33.8 Å². The highest BCUT2D eigenvalue weighted by Gasteiger charge is 2.16. The van der Waals surface area contributed by atoms with E-state index in [0.717, 1.165) is 6.07 Å². The first-order chi connectivity index (χ1) is 9.79. The van der Waals surface area contributed by atoms with Crippen LogP contribution in [0.5, 0.6) is 0 Å². The Labute approximate surface area is 129 Å². The Morgan fingerprint density at radius 3 is 2.62 bits per heavy atom. The molecule has 1 aromatic rings. The van der Waals surface area contributed by atoms with Crippen molar-refractivity contribution in [2.24, 2.45) is 0 Å². The van der Waals surface area contributed by atoms with Crippen molar-refractivity contribution < 1.29 is 23.5 Å². The van der Waals surface area contributed by atoms with Crippen molar-refractivity contribution in [2.45, 2.75) is 19.9 Å². The average molecular weight is 361 g/mol. The number of hydrogen-bond donors (Lipinski definition) is 2. The lowest BCUT2D eigenvalue weighted by atomic mass is 10.2. The van der Waals surface area contributed by atoms with Crippen LogP contribution in [0.1, 0.15) is 24.2 Å². The molecule has 21 heavy (non-hydrogen) atoms. The maximum Gasteiger partial charge on any atom is 0.341 e. The molecule has 1 aromatic carbocycles. The normalized spacial score (nSPS) is 10.1. The summed E-state index contributed by atoms with van der Waals surface area (Å²) in [4.78, 5) is 34.2. The molecule has 0 fully saturated rings. The monoisotopic (exact) mass is 360 g/mol. The summed E-state index contributed by atoms with van der Waals surface area (Å²) in [5.74, 6) is -2.56. The second kappa shape index (κ2) is 7.72. The maximum atomic E-state index is 13.4. The molecule has 0 aromatic heterocycles. The van der Waals surface area contributed by atoms with Crippen molar-refractivity contribution in [3.8, 4) is 0 Å². The highest BCUT2D eigenvalue weighted by Crippen LogP contribution is 2.16. The van der Waals surface area contributed by atoms with Crippen LogP contribution in [-0.4, -0.2) is 30.6 Å². The molecule has 0 saturated heterocycles. The van der Waals surface area contributed by atoms with Gasteiger partial charge in [0.1, 0.15) is 5.82 Å². The van der Waals surface area contributed by atoms with Gasteiger partial charge in [-0.05, 0) is 32.0 Å². The Morgan fingerprint density at radius 2 is 2.00 bits per heavy atom. The van der Waals surface area contributed by atoms with Gasteiger partial charge in [0.05, 0.1) is 5.56 Å². The molecule has 8 heteroatoms. The molecule has 0 aliphatic heterocycles. The predicted molar refractivity (Wildman–Crippen MR) is 76.2 cm³/mol. The van der Waals surface area contributed by atoms with Gasteiger partial charge in [-0.2, -0.15) is 0 Å². The number of benzene rings is 1. The number of esters is 1. The molecule has 6 nitrogen and oxygen atoms in total. The third-order valence-corrected chi connectivity index (χ3v) is 2.65. The summed E-state index contributed by atoms with van der Waals surface area (Å²) in [5.41, 5.74) is -0.302. The molecule has 2 N–H and O–H groups in total. The van der Waals surface area contributed by atoms with Gasteiger partial charge in [0.15, 0.2) is 6.61 Å². The number of ether oxygens (including phenoxy) is 1. The minimum absolute atomic E-state index is 0.142. The Morgan fingerprint density at radius 1 is 1.33 bits per heavy atom. The number of nitrogens with one attached hydrogen (secondary N) is 2.